The van der Waals surface area contributed by atoms with Gasteiger partial charge in [-0.05, 0) is 35.1 Å². The van der Waals surface area contributed by atoms with Crippen molar-refractivity contribution in [1.82, 2.24) is 4.90 Å². The van der Waals surface area contributed by atoms with E-state index in [1.165, 1.54) is 22.3 Å². The minimum atomic E-state index is -0.0649. The lowest BCUT2D eigenvalue weighted by Gasteiger charge is -2.39. The highest BCUT2D eigenvalue weighted by molar-refractivity contribution is 5.85. The van der Waals surface area contributed by atoms with Crippen molar-refractivity contribution in [3.05, 3.63) is 107 Å². The second-order valence-electron chi connectivity index (χ2n) is 8.35. The zero-order valence-corrected chi connectivity index (χ0v) is 18.6. The zero-order valence-electron chi connectivity index (χ0n) is 17.8. The Balaban J connectivity index is 0.00000231. The molecule has 4 heteroatoms. The SMILES string of the molecule is Cl.c1ccc(C(OCCN2CCC3(CC2)OCc2ccccc23)c2ccccc2)cc1. The smallest absolute Gasteiger partial charge is 0.108 e. The van der Waals surface area contributed by atoms with Gasteiger partial charge in [0.2, 0.25) is 0 Å². The van der Waals surface area contributed by atoms with E-state index in [9.17, 15) is 0 Å². The van der Waals surface area contributed by atoms with E-state index in [1.807, 2.05) is 0 Å². The molecule has 0 bridgehead atoms. The van der Waals surface area contributed by atoms with Crippen LogP contribution < -0.4 is 0 Å². The molecule has 0 aromatic heterocycles. The standard InChI is InChI=1S/C27H29NO2.ClH/c1-3-9-22(10-4-1)26(23-11-5-2-6-12-23)29-20-19-28-17-15-27(16-18-28)25-14-8-7-13-24(25)21-30-27;/h1-14,26H,15-21H2;1H. The van der Waals surface area contributed by atoms with Crippen molar-refractivity contribution < 1.29 is 9.47 Å². The fourth-order valence-electron chi connectivity index (χ4n) is 4.88. The van der Waals surface area contributed by atoms with Crippen LogP contribution in [0, 0.1) is 0 Å². The molecular weight excluding hydrogens is 406 g/mol. The van der Waals surface area contributed by atoms with Gasteiger partial charge in [0.15, 0.2) is 0 Å². The maximum Gasteiger partial charge on any atom is 0.108 e. The molecule has 1 spiro atoms. The van der Waals surface area contributed by atoms with Crippen LogP contribution in [0.5, 0.6) is 0 Å². The Kier molecular flexibility index (Phi) is 7.09. The highest BCUT2D eigenvalue weighted by Gasteiger charge is 2.42. The quantitative estimate of drug-likeness (QED) is 0.493. The van der Waals surface area contributed by atoms with Crippen LogP contribution in [0.3, 0.4) is 0 Å². The van der Waals surface area contributed by atoms with Crippen LogP contribution in [-0.4, -0.2) is 31.1 Å². The number of likely N-dealkylation sites (tertiary alicyclic amines) is 1. The number of fused-ring (bicyclic) bond motifs is 2. The third kappa shape index (κ3) is 4.70. The molecule has 5 rings (SSSR count). The van der Waals surface area contributed by atoms with E-state index in [4.69, 9.17) is 9.47 Å². The van der Waals surface area contributed by atoms with Gasteiger partial charge in [0.05, 0.1) is 18.8 Å². The van der Waals surface area contributed by atoms with Crippen molar-refractivity contribution in [3.8, 4) is 0 Å². The molecule has 31 heavy (non-hydrogen) atoms. The Morgan fingerprint density at radius 1 is 0.806 bits per heavy atom. The average molecular weight is 436 g/mol. The molecule has 0 unspecified atom stereocenters. The maximum atomic E-state index is 6.42. The molecule has 3 aromatic rings. The minimum absolute atomic E-state index is 0. The minimum Gasteiger partial charge on any atom is -0.367 e. The van der Waals surface area contributed by atoms with Crippen LogP contribution in [-0.2, 0) is 21.7 Å². The van der Waals surface area contributed by atoms with Gasteiger partial charge in [-0.15, -0.1) is 12.4 Å². The van der Waals surface area contributed by atoms with Gasteiger partial charge in [-0.25, -0.2) is 0 Å². The first kappa shape index (κ1) is 22.0. The van der Waals surface area contributed by atoms with Gasteiger partial charge in [-0.3, -0.25) is 0 Å². The summed E-state index contributed by atoms with van der Waals surface area (Å²) >= 11 is 0. The predicted molar refractivity (Wildman–Crippen MR) is 127 cm³/mol. The molecule has 2 aliphatic heterocycles. The third-order valence-electron chi connectivity index (χ3n) is 6.57. The number of piperidine rings is 1. The Bertz CT molecular complexity index is 916. The third-order valence-corrected chi connectivity index (χ3v) is 6.57. The lowest BCUT2D eigenvalue weighted by Crippen LogP contribution is -2.43. The Morgan fingerprint density at radius 3 is 2.03 bits per heavy atom. The fraction of sp³-hybridized carbons (Fsp3) is 0.333. The van der Waals surface area contributed by atoms with Gasteiger partial charge in [0.25, 0.3) is 0 Å². The first-order valence-corrected chi connectivity index (χ1v) is 11.0. The highest BCUT2D eigenvalue weighted by atomic mass is 35.5. The van der Waals surface area contributed by atoms with E-state index in [-0.39, 0.29) is 24.1 Å². The van der Waals surface area contributed by atoms with Crippen LogP contribution in [0.1, 0.15) is 41.2 Å². The van der Waals surface area contributed by atoms with Crippen LogP contribution in [0.25, 0.3) is 0 Å². The number of hydrogen-bond acceptors (Lipinski definition) is 3. The summed E-state index contributed by atoms with van der Waals surface area (Å²) in [5.74, 6) is 0. The second kappa shape index (κ2) is 9.97. The predicted octanol–water partition coefficient (Wildman–Crippen LogP) is 5.74. The summed E-state index contributed by atoms with van der Waals surface area (Å²) in [6, 6.07) is 29.8. The van der Waals surface area contributed by atoms with E-state index in [1.54, 1.807) is 0 Å². The van der Waals surface area contributed by atoms with E-state index < -0.39 is 0 Å². The molecule has 0 amide bonds. The van der Waals surface area contributed by atoms with E-state index >= 15 is 0 Å². The van der Waals surface area contributed by atoms with Gasteiger partial charge in [0, 0.05) is 19.6 Å². The van der Waals surface area contributed by atoms with Gasteiger partial charge >= 0.3 is 0 Å². The molecule has 0 N–H and O–H groups in total. The Labute approximate surface area is 191 Å². The van der Waals surface area contributed by atoms with Crippen molar-refractivity contribution in [2.45, 2.75) is 31.2 Å². The van der Waals surface area contributed by atoms with E-state index in [0.29, 0.717) is 0 Å². The number of ether oxygens (including phenoxy) is 2. The Morgan fingerprint density at radius 2 is 1.39 bits per heavy atom. The summed E-state index contributed by atoms with van der Waals surface area (Å²) in [4.78, 5) is 2.52. The summed E-state index contributed by atoms with van der Waals surface area (Å²) in [5.41, 5.74) is 5.12. The molecule has 1 fully saturated rings. The zero-order chi connectivity index (χ0) is 20.2. The summed E-state index contributed by atoms with van der Waals surface area (Å²) in [6.07, 6.45) is 2.10. The highest BCUT2D eigenvalue weighted by Crippen LogP contribution is 2.43. The van der Waals surface area contributed by atoms with Gasteiger partial charge < -0.3 is 14.4 Å². The molecule has 3 aromatic carbocycles. The summed E-state index contributed by atoms with van der Waals surface area (Å²) in [5, 5.41) is 0. The molecule has 1 saturated heterocycles. The van der Waals surface area contributed by atoms with Crippen LogP contribution in [0.15, 0.2) is 84.9 Å². The number of rotatable bonds is 6. The van der Waals surface area contributed by atoms with Crippen molar-refractivity contribution in [1.29, 1.82) is 0 Å². The molecule has 3 nitrogen and oxygen atoms in total. The van der Waals surface area contributed by atoms with Crippen LogP contribution in [0.4, 0.5) is 0 Å². The molecule has 2 aliphatic rings. The summed E-state index contributed by atoms with van der Waals surface area (Å²) < 4.78 is 12.7. The molecule has 0 atom stereocenters. The van der Waals surface area contributed by atoms with E-state index in [0.717, 1.165) is 45.7 Å². The van der Waals surface area contributed by atoms with Crippen LogP contribution in [0.2, 0.25) is 0 Å². The van der Waals surface area contributed by atoms with E-state index in [2.05, 4.69) is 89.8 Å². The summed E-state index contributed by atoms with van der Waals surface area (Å²) in [6.45, 7) is 4.54. The first-order valence-electron chi connectivity index (χ1n) is 11.0. The largest absolute Gasteiger partial charge is 0.367 e. The van der Waals surface area contributed by atoms with Crippen molar-refractivity contribution in [2.24, 2.45) is 0 Å². The van der Waals surface area contributed by atoms with Crippen molar-refractivity contribution in [3.63, 3.8) is 0 Å². The normalized spacial score (nSPS) is 17.5. The lowest BCUT2D eigenvalue weighted by molar-refractivity contribution is -0.0817. The first-order chi connectivity index (χ1) is 14.8. The molecule has 162 valence electrons. The number of hydrogen-bond donors (Lipinski definition) is 0. The van der Waals surface area contributed by atoms with Crippen molar-refractivity contribution in [2.75, 3.05) is 26.2 Å². The lowest BCUT2D eigenvalue weighted by atomic mass is 9.84. The van der Waals surface area contributed by atoms with Gasteiger partial charge in [0.1, 0.15) is 6.10 Å². The molecule has 2 heterocycles. The monoisotopic (exact) mass is 435 g/mol. The average Bonchev–Trinajstić information content (AvgIpc) is 3.17. The van der Waals surface area contributed by atoms with Gasteiger partial charge in [-0.2, -0.15) is 0 Å². The Hall–Kier alpha value is -2.17. The topological polar surface area (TPSA) is 21.7 Å². The van der Waals surface area contributed by atoms with Gasteiger partial charge in [-0.1, -0.05) is 84.9 Å². The summed E-state index contributed by atoms with van der Waals surface area (Å²) in [7, 11) is 0. The fourth-order valence-corrected chi connectivity index (χ4v) is 4.88. The molecule has 0 aliphatic carbocycles. The van der Waals surface area contributed by atoms with Crippen molar-refractivity contribution >= 4 is 12.4 Å². The molecular formula is C27H30ClNO2. The molecule has 0 saturated carbocycles. The molecule has 0 radical (unpaired) electrons. The number of nitrogens with zero attached hydrogens (tertiary/aromatic N) is 1. The maximum absolute atomic E-state index is 6.42. The number of halogens is 1. The number of benzene rings is 3. The van der Waals surface area contributed by atoms with Crippen LogP contribution >= 0.6 is 12.4 Å². The second-order valence-corrected chi connectivity index (χ2v) is 8.35.